The van der Waals surface area contributed by atoms with Gasteiger partial charge in [-0.05, 0) is 41.5 Å². The van der Waals surface area contributed by atoms with Crippen LogP contribution >= 0.6 is 22.9 Å². The molecule has 0 aliphatic carbocycles. The number of hydrogen-bond donors (Lipinski definition) is 1. The van der Waals surface area contributed by atoms with Gasteiger partial charge in [-0.3, -0.25) is 9.59 Å². The fourth-order valence-corrected chi connectivity index (χ4v) is 4.35. The Morgan fingerprint density at radius 3 is 2.63 bits per heavy atom. The molecule has 30 heavy (non-hydrogen) atoms. The van der Waals surface area contributed by atoms with Gasteiger partial charge in [-0.1, -0.05) is 23.7 Å². The first-order valence-corrected chi connectivity index (χ1v) is 10.6. The number of aromatic nitrogens is 1. The Morgan fingerprint density at radius 2 is 1.97 bits per heavy atom. The summed E-state index contributed by atoms with van der Waals surface area (Å²) in [4.78, 5) is 43.5. The Bertz CT molecular complexity index is 1110. The number of carbonyl (C=O) groups excluding carboxylic acids is 2. The minimum Gasteiger partial charge on any atom is -0.478 e. The van der Waals surface area contributed by atoms with Crippen LogP contribution < -0.4 is 0 Å². The van der Waals surface area contributed by atoms with Gasteiger partial charge in [-0.15, -0.1) is 11.3 Å². The number of rotatable bonds is 5. The van der Waals surface area contributed by atoms with Gasteiger partial charge in [-0.2, -0.15) is 0 Å². The molecule has 0 bridgehead atoms. The monoisotopic (exact) mass is 440 g/mol. The SMILES string of the molecule is O=C(O)c1ccc(CN2C(=O)c3ccc(Cl)cc3CC(=O)[C@@H]2Cc2cscn2)cc1. The number of fused-ring (bicyclic) bond motifs is 1. The molecule has 152 valence electrons. The number of carboxylic acid groups (broad SMARTS) is 1. The van der Waals surface area contributed by atoms with E-state index in [1.54, 1.807) is 40.7 Å². The number of nitrogens with zero attached hydrogens (tertiary/aromatic N) is 2. The third kappa shape index (κ3) is 4.13. The van der Waals surface area contributed by atoms with Crippen molar-refractivity contribution >= 4 is 40.6 Å². The molecule has 1 amide bonds. The van der Waals surface area contributed by atoms with Gasteiger partial charge < -0.3 is 10.0 Å². The van der Waals surface area contributed by atoms with Crippen molar-refractivity contribution in [2.45, 2.75) is 25.4 Å². The number of thiazole rings is 1. The van der Waals surface area contributed by atoms with Crippen LogP contribution in [0.5, 0.6) is 0 Å². The molecule has 0 saturated heterocycles. The predicted molar refractivity (Wildman–Crippen MR) is 113 cm³/mol. The number of carboxylic acids is 1. The molecule has 3 aromatic rings. The lowest BCUT2D eigenvalue weighted by Crippen LogP contribution is -2.44. The topological polar surface area (TPSA) is 87.6 Å². The van der Waals surface area contributed by atoms with Crippen LogP contribution in [0.3, 0.4) is 0 Å². The Hall–Kier alpha value is -3.03. The van der Waals surface area contributed by atoms with Crippen molar-refractivity contribution in [1.29, 1.82) is 0 Å². The molecule has 0 saturated carbocycles. The summed E-state index contributed by atoms with van der Waals surface area (Å²) in [5.41, 5.74) is 4.42. The van der Waals surface area contributed by atoms with Crippen molar-refractivity contribution in [3.8, 4) is 0 Å². The van der Waals surface area contributed by atoms with Crippen molar-refractivity contribution < 1.29 is 19.5 Å². The summed E-state index contributed by atoms with van der Waals surface area (Å²) in [6.45, 7) is 0.182. The molecule has 2 aromatic carbocycles. The zero-order chi connectivity index (χ0) is 21.3. The van der Waals surface area contributed by atoms with Gasteiger partial charge in [0.15, 0.2) is 5.78 Å². The molecular weight excluding hydrogens is 424 g/mol. The van der Waals surface area contributed by atoms with Crippen LogP contribution in [0, 0.1) is 0 Å². The van der Waals surface area contributed by atoms with E-state index in [-0.39, 0.29) is 30.2 Å². The van der Waals surface area contributed by atoms with Gasteiger partial charge in [-0.25, -0.2) is 9.78 Å². The third-order valence-electron chi connectivity index (χ3n) is 5.11. The molecule has 1 atom stereocenters. The van der Waals surface area contributed by atoms with E-state index in [1.165, 1.54) is 23.5 Å². The maximum absolute atomic E-state index is 13.4. The maximum atomic E-state index is 13.4. The first-order chi connectivity index (χ1) is 14.4. The second-order valence-electron chi connectivity index (χ2n) is 7.08. The lowest BCUT2D eigenvalue weighted by atomic mass is 9.99. The van der Waals surface area contributed by atoms with Crippen LogP contribution in [-0.2, 0) is 24.2 Å². The van der Waals surface area contributed by atoms with E-state index in [0.29, 0.717) is 22.6 Å². The Balaban J connectivity index is 1.72. The van der Waals surface area contributed by atoms with E-state index in [0.717, 1.165) is 11.3 Å². The highest BCUT2D eigenvalue weighted by Gasteiger charge is 2.35. The van der Waals surface area contributed by atoms with Crippen LogP contribution in [0.4, 0.5) is 0 Å². The summed E-state index contributed by atoms with van der Waals surface area (Å²) in [7, 11) is 0. The minimum absolute atomic E-state index is 0.0838. The molecule has 4 rings (SSSR count). The van der Waals surface area contributed by atoms with Crippen LogP contribution in [0.15, 0.2) is 53.4 Å². The summed E-state index contributed by atoms with van der Waals surface area (Å²) >= 11 is 7.53. The summed E-state index contributed by atoms with van der Waals surface area (Å²) in [5.74, 6) is -1.36. The molecule has 1 aliphatic heterocycles. The molecule has 1 N–H and O–H groups in total. The van der Waals surface area contributed by atoms with Crippen molar-refractivity contribution in [1.82, 2.24) is 9.88 Å². The van der Waals surface area contributed by atoms with Crippen molar-refractivity contribution in [3.05, 3.63) is 86.3 Å². The summed E-state index contributed by atoms with van der Waals surface area (Å²) in [5, 5.41) is 11.4. The molecule has 6 nitrogen and oxygen atoms in total. The normalized spacial score (nSPS) is 16.3. The maximum Gasteiger partial charge on any atom is 0.335 e. The van der Waals surface area contributed by atoms with Crippen molar-refractivity contribution in [2.24, 2.45) is 0 Å². The van der Waals surface area contributed by atoms with Gasteiger partial charge in [0.2, 0.25) is 0 Å². The molecule has 0 radical (unpaired) electrons. The zero-order valence-corrected chi connectivity index (χ0v) is 17.3. The van der Waals surface area contributed by atoms with Crippen LogP contribution in [0.1, 0.15) is 37.5 Å². The number of amides is 1. The van der Waals surface area contributed by atoms with Gasteiger partial charge >= 0.3 is 5.97 Å². The van der Waals surface area contributed by atoms with Crippen LogP contribution in [-0.4, -0.2) is 38.7 Å². The number of aromatic carboxylic acids is 1. The second-order valence-corrected chi connectivity index (χ2v) is 8.23. The van der Waals surface area contributed by atoms with Gasteiger partial charge in [0.05, 0.1) is 22.8 Å². The number of halogens is 1. The van der Waals surface area contributed by atoms with Gasteiger partial charge in [0.25, 0.3) is 5.91 Å². The first-order valence-electron chi connectivity index (χ1n) is 9.24. The lowest BCUT2D eigenvalue weighted by molar-refractivity contribution is -0.122. The number of Topliss-reactive ketones (excluding diaryl/α,β-unsaturated/α-hetero) is 1. The zero-order valence-electron chi connectivity index (χ0n) is 15.7. The second kappa shape index (κ2) is 8.38. The summed E-state index contributed by atoms with van der Waals surface area (Å²) in [6.07, 6.45) is 0.438. The van der Waals surface area contributed by atoms with E-state index in [4.69, 9.17) is 16.7 Å². The molecule has 8 heteroatoms. The van der Waals surface area contributed by atoms with Gasteiger partial charge in [0, 0.05) is 35.4 Å². The molecule has 0 unspecified atom stereocenters. The highest BCUT2D eigenvalue weighted by molar-refractivity contribution is 7.07. The Morgan fingerprint density at radius 1 is 1.20 bits per heavy atom. The molecule has 0 spiro atoms. The van der Waals surface area contributed by atoms with Crippen LogP contribution in [0.2, 0.25) is 5.02 Å². The molecule has 2 heterocycles. The lowest BCUT2D eigenvalue weighted by Gasteiger charge is -2.29. The summed E-state index contributed by atoms with van der Waals surface area (Å²) < 4.78 is 0. The minimum atomic E-state index is -1.02. The average molecular weight is 441 g/mol. The van der Waals surface area contributed by atoms with Crippen LogP contribution in [0.25, 0.3) is 0 Å². The molecule has 1 aromatic heterocycles. The molecular formula is C22H17ClN2O4S. The largest absolute Gasteiger partial charge is 0.478 e. The molecule has 1 aliphatic rings. The number of hydrogen-bond acceptors (Lipinski definition) is 5. The first kappa shape index (κ1) is 20.3. The highest BCUT2D eigenvalue weighted by atomic mass is 35.5. The smallest absolute Gasteiger partial charge is 0.335 e. The van der Waals surface area contributed by atoms with E-state index in [2.05, 4.69) is 4.98 Å². The van der Waals surface area contributed by atoms with Gasteiger partial charge in [0.1, 0.15) is 0 Å². The number of benzene rings is 2. The Kier molecular flexibility index (Phi) is 5.65. The van der Waals surface area contributed by atoms with Crippen molar-refractivity contribution in [2.75, 3.05) is 0 Å². The van der Waals surface area contributed by atoms with E-state index < -0.39 is 12.0 Å². The van der Waals surface area contributed by atoms with E-state index in [9.17, 15) is 14.4 Å². The summed E-state index contributed by atoms with van der Waals surface area (Å²) in [6, 6.07) is 10.6. The standard InChI is InChI=1S/C22H17ClN2O4S/c23-16-5-6-18-15(7-16)8-20(26)19(9-17-11-30-12-24-17)25(21(18)27)10-13-1-3-14(4-2-13)22(28)29/h1-7,11-12,19H,8-10H2,(H,28,29)/t19-/m0/s1. The van der Waals surface area contributed by atoms with E-state index in [1.807, 2.05) is 5.38 Å². The quantitative estimate of drug-likeness (QED) is 0.650. The fourth-order valence-electron chi connectivity index (χ4n) is 3.58. The third-order valence-corrected chi connectivity index (χ3v) is 5.98. The fraction of sp³-hybridized carbons (Fsp3) is 0.182. The predicted octanol–water partition coefficient (Wildman–Crippen LogP) is 3.87. The number of carbonyl (C=O) groups is 3. The molecule has 0 fully saturated rings. The van der Waals surface area contributed by atoms with Crippen molar-refractivity contribution in [3.63, 3.8) is 0 Å². The Labute approximate surface area is 181 Å². The number of ketones is 1. The average Bonchev–Trinajstić information content (AvgIpc) is 3.21. The highest BCUT2D eigenvalue weighted by Crippen LogP contribution is 2.27. The van der Waals surface area contributed by atoms with E-state index >= 15 is 0 Å².